The summed E-state index contributed by atoms with van der Waals surface area (Å²) >= 11 is 0. The summed E-state index contributed by atoms with van der Waals surface area (Å²) in [7, 11) is 1.04. The maximum absolute atomic E-state index is 12.3. The molecule has 0 atom stereocenters. The molecule has 0 bridgehead atoms. The van der Waals surface area contributed by atoms with Crippen LogP contribution in [-0.4, -0.2) is 45.5 Å². The Morgan fingerprint density at radius 1 is 1.33 bits per heavy atom. The molecular weight excluding hydrogens is 325 g/mol. The molecule has 0 aliphatic carbocycles. The van der Waals surface area contributed by atoms with Gasteiger partial charge in [-0.1, -0.05) is 6.07 Å². The van der Waals surface area contributed by atoms with Crippen LogP contribution >= 0.6 is 0 Å². The van der Waals surface area contributed by atoms with E-state index in [0.717, 1.165) is 7.05 Å². The van der Waals surface area contributed by atoms with Gasteiger partial charge in [-0.3, -0.25) is 14.6 Å². The highest BCUT2D eigenvalue weighted by atomic mass is 19.4. The highest BCUT2D eigenvalue weighted by Crippen LogP contribution is 2.16. The summed E-state index contributed by atoms with van der Waals surface area (Å²) in [6.45, 7) is 0.149. The van der Waals surface area contributed by atoms with Crippen molar-refractivity contribution >= 4 is 5.91 Å². The molecule has 24 heavy (non-hydrogen) atoms. The van der Waals surface area contributed by atoms with Gasteiger partial charge in [-0.25, -0.2) is 4.98 Å². The number of carbonyl (C=O) groups excluding carboxylic acids is 1. The predicted octanol–water partition coefficient (Wildman–Crippen LogP) is 1.70. The number of aromatic amines is 1. The quantitative estimate of drug-likeness (QED) is 0.919. The van der Waals surface area contributed by atoms with Crippen molar-refractivity contribution in [2.24, 2.45) is 0 Å². The molecule has 2 aromatic heterocycles. The Morgan fingerprint density at radius 2 is 2.04 bits per heavy atom. The number of hydrogen-bond donors (Lipinski definition) is 1. The second kappa shape index (κ2) is 6.81. The van der Waals surface area contributed by atoms with E-state index in [4.69, 9.17) is 0 Å². The van der Waals surface area contributed by atoms with E-state index in [1.165, 1.54) is 13.1 Å². The topological polar surface area (TPSA) is 79.0 Å². The van der Waals surface area contributed by atoms with Crippen LogP contribution in [0.2, 0.25) is 0 Å². The van der Waals surface area contributed by atoms with E-state index in [1.54, 1.807) is 18.2 Å². The number of carbonyl (C=O) groups is 1. The minimum absolute atomic E-state index is 0.0358. The Bertz CT molecular complexity index is 788. The highest BCUT2D eigenvalue weighted by Gasteiger charge is 2.31. The fourth-order valence-corrected chi connectivity index (χ4v) is 2.09. The van der Waals surface area contributed by atoms with Crippen LogP contribution in [0.25, 0.3) is 11.5 Å². The standard InChI is InChI=1S/C15H15F3N4O2/c1-9-10(7-12(23)22(2)8-15(16,17)18)14(24)21-13(20-9)11-5-3-4-6-19-11/h3-6H,7-8H2,1-2H3,(H,20,21,24). The minimum atomic E-state index is -4.49. The summed E-state index contributed by atoms with van der Waals surface area (Å²) < 4.78 is 37.0. The maximum atomic E-state index is 12.3. The summed E-state index contributed by atoms with van der Waals surface area (Å²) in [6, 6.07) is 5.08. The number of aromatic nitrogens is 3. The van der Waals surface area contributed by atoms with E-state index in [0.29, 0.717) is 10.6 Å². The van der Waals surface area contributed by atoms with Crippen LogP contribution in [0, 0.1) is 6.92 Å². The van der Waals surface area contributed by atoms with Crippen LogP contribution in [0.1, 0.15) is 11.3 Å². The van der Waals surface area contributed by atoms with Crippen molar-refractivity contribution in [3.8, 4) is 11.5 Å². The van der Waals surface area contributed by atoms with Crippen molar-refractivity contribution in [3.63, 3.8) is 0 Å². The number of hydrogen-bond acceptors (Lipinski definition) is 4. The third-order valence-corrected chi connectivity index (χ3v) is 3.30. The minimum Gasteiger partial charge on any atom is -0.336 e. The molecule has 9 heteroatoms. The number of alkyl halides is 3. The molecule has 2 rings (SSSR count). The molecule has 0 saturated carbocycles. The van der Waals surface area contributed by atoms with Crippen LogP contribution in [-0.2, 0) is 11.2 Å². The molecule has 6 nitrogen and oxygen atoms in total. The molecule has 0 aromatic carbocycles. The summed E-state index contributed by atoms with van der Waals surface area (Å²) in [5.74, 6) is -0.578. The van der Waals surface area contributed by atoms with E-state index in [2.05, 4.69) is 15.0 Å². The van der Waals surface area contributed by atoms with Gasteiger partial charge in [0.15, 0.2) is 5.82 Å². The zero-order valence-corrected chi connectivity index (χ0v) is 13.0. The van der Waals surface area contributed by atoms with Crippen LogP contribution in [0.4, 0.5) is 13.2 Å². The third kappa shape index (κ3) is 4.40. The molecule has 0 radical (unpaired) electrons. The molecule has 0 fully saturated rings. The third-order valence-electron chi connectivity index (χ3n) is 3.30. The van der Waals surface area contributed by atoms with Gasteiger partial charge in [-0.05, 0) is 19.1 Å². The molecule has 128 valence electrons. The van der Waals surface area contributed by atoms with Crippen molar-refractivity contribution < 1.29 is 18.0 Å². The number of rotatable bonds is 4. The molecule has 1 amide bonds. The molecule has 2 heterocycles. The number of aryl methyl sites for hydroxylation is 1. The largest absolute Gasteiger partial charge is 0.406 e. The molecule has 0 unspecified atom stereocenters. The van der Waals surface area contributed by atoms with E-state index in [1.807, 2.05) is 0 Å². The number of amides is 1. The molecule has 2 aromatic rings. The summed E-state index contributed by atoms with van der Waals surface area (Å²) in [4.78, 5) is 35.3. The molecule has 0 aliphatic heterocycles. The fourth-order valence-electron chi connectivity index (χ4n) is 2.09. The average Bonchev–Trinajstić information content (AvgIpc) is 2.49. The second-order valence-electron chi connectivity index (χ2n) is 5.24. The van der Waals surface area contributed by atoms with Crippen molar-refractivity contribution in [2.75, 3.05) is 13.6 Å². The Hall–Kier alpha value is -2.71. The first-order valence-electron chi connectivity index (χ1n) is 6.99. The lowest BCUT2D eigenvalue weighted by atomic mass is 10.1. The number of nitrogens with one attached hydrogen (secondary N) is 1. The van der Waals surface area contributed by atoms with Crippen LogP contribution in [0.5, 0.6) is 0 Å². The predicted molar refractivity (Wildman–Crippen MR) is 80.2 cm³/mol. The normalized spacial score (nSPS) is 11.4. The first-order valence-corrected chi connectivity index (χ1v) is 6.99. The monoisotopic (exact) mass is 340 g/mol. The van der Waals surface area contributed by atoms with Crippen molar-refractivity contribution in [2.45, 2.75) is 19.5 Å². The lowest BCUT2D eigenvalue weighted by Crippen LogP contribution is -2.37. The first kappa shape index (κ1) is 17.6. The summed E-state index contributed by atoms with van der Waals surface area (Å²) in [5, 5.41) is 0. The van der Waals surface area contributed by atoms with E-state index < -0.39 is 30.6 Å². The van der Waals surface area contributed by atoms with Crippen LogP contribution in [0.3, 0.4) is 0 Å². The highest BCUT2D eigenvalue weighted by molar-refractivity contribution is 5.78. The molecular formula is C15H15F3N4O2. The Balaban J connectivity index is 2.23. The van der Waals surface area contributed by atoms with Crippen molar-refractivity contribution in [1.29, 1.82) is 0 Å². The SMILES string of the molecule is Cc1nc(-c2ccccn2)[nH]c(=O)c1CC(=O)N(C)CC(F)(F)F. The smallest absolute Gasteiger partial charge is 0.336 e. The van der Waals surface area contributed by atoms with Crippen molar-refractivity contribution in [1.82, 2.24) is 19.9 Å². The van der Waals surface area contributed by atoms with Gasteiger partial charge in [0.05, 0.1) is 6.42 Å². The van der Waals surface area contributed by atoms with Gasteiger partial charge in [0.25, 0.3) is 5.56 Å². The number of H-pyrrole nitrogens is 1. The summed E-state index contributed by atoms with van der Waals surface area (Å²) in [6.07, 6.45) is -3.41. The number of halogens is 3. The molecule has 0 spiro atoms. The van der Waals surface area contributed by atoms with Gasteiger partial charge in [0, 0.05) is 24.5 Å². The fraction of sp³-hybridized carbons (Fsp3) is 0.333. The zero-order valence-electron chi connectivity index (χ0n) is 13.0. The van der Waals surface area contributed by atoms with Crippen molar-refractivity contribution in [3.05, 3.63) is 46.0 Å². The van der Waals surface area contributed by atoms with Gasteiger partial charge in [-0.15, -0.1) is 0 Å². The lowest BCUT2D eigenvalue weighted by Gasteiger charge is -2.19. The molecule has 0 saturated heterocycles. The maximum Gasteiger partial charge on any atom is 0.406 e. The van der Waals surface area contributed by atoms with Gasteiger partial charge in [-0.2, -0.15) is 13.2 Å². The Kier molecular flexibility index (Phi) is 5.01. The second-order valence-corrected chi connectivity index (χ2v) is 5.24. The van der Waals surface area contributed by atoms with Gasteiger partial charge in [0.1, 0.15) is 12.2 Å². The molecule has 1 N–H and O–H groups in total. The average molecular weight is 340 g/mol. The van der Waals surface area contributed by atoms with Crippen LogP contribution in [0.15, 0.2) is 29.2 Å². The number of nitrogens with zero attached hydrogens (tertiary/aromatic N) is 3. The zero-order chi connectivity index (χ0) is 17.9. The van der Waals surface area contributed by atoms with E-state index in [-0.39, 0.29) is 17.1 Å². The van der Waals surface area contributed by atoms with Gasteiger partial charge in [0.2, 0.25) is 5.91 Å². The van der Waals surface area contributed by atoms with E-state index >= 15 is 0 Å². The van der Waals surface area contributed by atoms with Gasteiger partial charge < -0.3 is 9.88 Å². The van der Waals surface area contributed by atoms with E-state index in [9.17, 15) is 22.8 Å². The number of likely N-dealkylation sites (N-methyl/N-ethyl adjacent to an activating group) is 1. The first-order chi connectivity index (χ1) is 11.2. The Labute approximate surface area is 135 Å². The molecule has 0 aliphatic rings. The Morgan fingerprint density at radius 3 is 2.58 bits per heavy atom. The lowest BCUT2D eigenvalue weighted by molar-refractivity contribution is -0.157. The number of pyridine rings is 1. The summed E-state index contributed by atoms with van der Waals surface area (Å²) in [5.41, 5.74) is 0.184. The van der Waals surface area contributed by atoms with Gasteiger partial charge >= 0.3 is 6.18 Å². The van der Waals surface area contributed by atoms with Crippen LogP contribution < -0.4 is 5.56 Å².